The third kappa shape index (κ3) is 1.47. The van der Waals surface area contributed by atoms with Crippen LogP contribution < -0.4 is 5.32 Å². The number of carbonyl (C=O) groups is 2. The summed E-state index contributed by atoms with van der Waals surface area (Å²) in [5, 5.41) is 11.3. The predicted molar refractivity (Wildman–Crippen MR) is 57.0 cm³/mol. The second-order valence-corrected chi connectivity index (χ2v) is 6.18. The monoisotopic (exact) mass is 277 g/mol. The molecular weight excluding hydrogens is 263 g/mol. The summed E-state index contributed by atoms with van der Waals surface area (Å²) in [5.74, 6) is -2.29. The van der Waals surface area contributed by atoms with Gasteiger partial charge in [-0.3, -0.25) is 9.59 Å². The molecule has 4 nitrogen and oxygen atoms in total. The van der Waals surface area contributed by atoms with Crippen LogP contribution in [0.25, 0.3) is 0 Å². The third-order valence-corrected chi connectivity index (χ3v) is 5.46. The Balaban J connectivity index is 1.78. The summed E-state index contributed by atoms with van der Waals surface area (Å²) >= 11 is 0. The number of carboxylic acids is 1. The Morgan fingerprint density at radius 1 is 1.16 bits per heavy atom. The van der Waals surface area contributed by atoms with Gasteiger partial charge in [0.1, 0.15) is 0 Å². The van der Waals surface area contributed by atoms with E-state index in [1.165, 1.54) is 0 Å². The van der Waals surface area contributed by atoms with Crippen LogP contribution in [0.1, 0.15) is 25.7 Å². The van der Waals surface area contributed by atoms with Gasteiger partial charge in [-0.15, -0.1) is 0 Å². The van der Waals surface area contributed by atoms with Crippen LogP contribution in [0.15, 0.2) is 0 Å². The molecule has 4 aliphatic carbocycles. The van der Waals surface area contributed by atoms with E-state index in [1.54, 1.807) is 0 Å². The molecule has 19 heavy (non-hydrogen) atoms. The zero-order chi connectivity index (χ0) is 14.1. The second-order valence-electron chi connectivity index (χ2n) is 6.18. The van der Waals surface area contributed by atoms with E-state index in [1.807, 2.05) is 5.32 Å². The number of halogens is 3. The van der Waals surface area contributed by atoms with Crippen LogP contribution in [0, 0.1) is 22.7 Å². The Morgan fingerprint density at radius 2 is 1.68 bits per heavy atom. The van der Waals surface area contributed by atoms with Crippen molar-refractivity contribution >= 4 is 11.9 Å². The molecule has 4 rings (SSSR count). The number of aliphatic carboxylic acids is 1. The van der Waals surface area contributed by atoms with Gasteiger partial charge in [-0.05, 0) is 37.5 Å². The van der Waals surface area contributed by atoms with Crippen LogP contribution in [0.3, 0.4) is 0 Å². The van der Waals surface area contributed by atoms with Crippen LogP contribution in [0.4, 0.5) is 13.2 Å². The van der Waals surface area contributed by atoms with Crippen LogP contribution >= 0.6 is 0 Å². The van der Waals surface area contributed by atoms with E-state index in [9.17, 15) is 27.9 Å². The summed E-state index contributed by atoms with van der Waals surface area (Å²) in [7, 11) is 0. The van der Waals surface area contributed by atoms with E-state index in [4.69, 9.17) is 0 Å². The smallest absolute Gasteiger partial charge is 0.471 e. The van der Waals surface area contributed by atoms with Gasteiger partial charge in [0.15, 0.2) is 0 Å². The first kappa shape index (κ1) is 12.7. The topological polar surface area (TPSA) is 66.4 Å². The molecule has 0 aromatic heterocycles. The molecule has 0 aliphatic heterocycles. The largest absolute Gasteiger partial charge is 0.481 e. The van der Waals surface area contributed by atoms with E-state index >= 15 is 0 Å². The molecule has 106 valence electrons. The third-order valence-electron chi connectivity index (χ3n) is 5.46. The number of amides is 1. The Labute approximate surface area is 107 Å². The average molecular weight is 277 g/mol. The standard InChI is InChI=1S/C12H14F3NO3/c13-12(14,15)8(17)16-5-10-1-6-3-11(10,9(18)19)4-7(6)2-10/h6-7H,1-5H2,(H,16,17)(H,18,19). The summed E-state index contributed by atoms with van der Waals surface area (Å²) in [4.78, 5) is 22.4. The number of carbonyl (C=O) groups excluding carboxylic acids is 1. The van der Waals surface area contributed by atoms with Crippen molar-refractivity contribution in [1.82, 2.24) is 5.32 Å². The molecule has 0 aromatic rings. The first-order chi connectivity index (χ1) is 8.70. The van der Waals surface area contributed by atoms with Gasteiger partial charge in [0.05, 0.1) is 5.41 Å². The summed E-state index contributed by atoms with van der Waals surface area (Å²) in [6.07, 6.45) is -2.55. The minimum atomic E-state index is -4.91. The van der Waals surface area contributed by atoms with Gasteiger partial charge < -0.3 is 10.4 Å². The first-order valence-electron chi connectivity index (χ1n) is 6.29. The number of nitrogens with one attached hydrogen (secondary N) is 1. The lowest BCUT2D eigenvalue weighted by Gasteiger charge is -2.37. The average Bonchev–Trinajstić information content (AvgIpc) is 2.94. The van der Waals surface area contributed by atoms with E-state index < -0.39 is 28.9 Å². The molecule has 2 unspecified atom stereocenters. The van der Waals surface area contributed by atoms with E-state index in [0.717, 1.165) is 0 Å². The molecule has 4 aliphatic rings. The first-order valence-corrected chi connectivity index (χ1v) is 6.29. The van der Waals surface area contributed by atoms with Gasteiger partial charge in [-0.1, -0.05) is 0 Å². The summed E-state index contributed by atoms with van der Waals surface area (Å²) in [6.45, 7) is -0.176. The lowest BCUT2D eigenvalue weighted by atomic mass is 9.68. The number of hydrogen-bond donors (Lipinski definition) is 2. The zero-order valence-electron chi connectivity index (χ0n) is 10.1. The maximum absolute atomic E-state index is 12.2. The Kier molecular flexibility index (Phi) is 2.30. The van der Waals surface area contributed by atoms with Crippen LogP contribution in [-0.4, -0.2) is 29.7 Å². The number of rotatable bonds is 3. The van der Waals surface area contributed by atoms with Crippen molar-refractivity contribution in [1.29, 1.82) is 0 Å². The van der Waals surface area contributed by atoms with Gasteiger partial charge in [0.25, 0.3) is 0 Å². The SMILES string of the molecule is O=C(NCC12CC3CC1(C(=O)O)CC3C2)C(F)(F)F. The van der Waals surface area contributed by atoms with Crippen molar-refractivity contribution in [2.75, 3.05) is 6.54 Å². The van der Waals surface area contributed by atoms with Gasteiger partial charge in [-0.25, -0.2) is 0 Å². The molecule has 2 atom stereocenters. The molecule has 1 amide bonds. The Hall–Kier alpha value is -1.27. The highest BCUT2D eigenvalue weighted by Gasteiger charge is 2.74. The Bertz CT molecular complexity index is 446. The molecule has 2 N–H and O–H groups in total. The highest BCUT2D eigenvalue weighted by molar-refractivity contribution is 5.82. The van der Waals surface area contributed by atoms with Crippen molar-refractivity contribution < 1.29 is 27.9 Å². The fourth-order valence-electron chi connectivity index (χ4n) is 4.77. The maximum Gasteiger partial charge on any atom is 0.471 e. The lowest BCUT2D eigenvalue weighted by Crippen LogP contribution is -2.49. The van der Waals surface area contributed by atoms with Gasteiger partial charge >= 0.3 is 18.1 Å². The predicted octanol–water partition coefficient (Wildman–Crippen LogP) is 1.56. The number of hydrogen-bond acceptors (Lipinski definition) is 2. The zero-order valence-corrected chi connectivity index (χ0v) is 10.1. The Morgan fingerprint density at radius 3 is 2.11 bits per heavy atom. The minimum Gasteiger partial charge on any atom is -0.481 e. The van der Waals surface area contributed by atoms with E-state index in [0.29, 0.717) is 37.5 Å². The van der Waals surface area contributed by atoms with E-state index in [2.05, 4.69) is 0 Å². The molecule has 0 aromatic carbocycles. The molecule has 4 saturated carbocycles. The number of carboxylic acid groups (broad SMARTS) is 1. The molecule has 0 radical (unpaired) electrons. The van der Waals surface area contributed by atoms with Crippen molar-refractivity contribution in [3.63, 3.8) is 0 Å². The van der Waals surface area contributed by atoms with Crippen molar-refractivity contribution in [2.24, 2.45) is 22.7 Å². The molecule has 0 heterocycles. The molecule has 0 saturated heterocycles. The molecular formula is C12H14F3NO3. The normalized spacial score (nSPS) is 42.9. The molecule has 0 spiro atoms. The summed E-state index contributed by atoms with van der Waals surface area (Å²) in [5.41, 5.74) is -1.59. The summed E-state index contributed by atoms with van der Waals surface area (Å²) in [6, 6.07) is 0. The van der Waals surface area contributed by atoms with Crippen molar-refractivity contribution in [3.8, 4) is 0 Å². The molecule has 7 heteroatoms. The van der Waals surface area contributed by atoms with E-state index in [-0.39, 0.29) is 6.54 Å². The van der Waals surface area contributed by atoms with Gasteiger partial charge in [-0.2, -0.15) is 13.2 Å². The quantitative estimate of drug-likeness (QED) is 0.822. The van der Waals surface area contributed by atoms with Gasteiger partial charge in [0, 0.05) is 12.0 Å². The van der Waals surface area contributed by atoms with Crippen molar-refractivity contribution in [2.45, 2.75) is 31.9 Å². The fourth-order valence-corrected chi connectivity index (χ4v) is 4.77. The van der Waals surface area contributed by atoms with Crippen molar-refractivity contribution in [3.05, 3.63) is 0 Å². The summed E-state index contributed by atoms with van der Waals surface area (Å²) < 4.78 is 36.6. The van der Waals surface area contributed by atoms with Crippen LogP contribution in [0.5, 0.6) is 0 Å². The maximum atomic E-state index is 12.2. The highest BCUT2D eigenvalue weighted by Crippen LogP contribution is 2.76. The number of alkyl halides is 3. The highest BCUT2D eigenvalue weighted by atomic mass is 19.4. The van der Waals surface area contributed by atoms with Crippen LogP contribution in [0.2, 0.25) is 0 Å². The second kappa shape index (κ2) is 3.43. The fraction of sp³-hybridized carbons (Fsp3) is 0.833. The van der Waals surface area contributed by atoms with Gasteiger partial charge in [0.2, 0.25) is 0 Å². The minimum absolute atomic E-state index is 0.176. The molecule has 4 fully saturated rings. The van der Waals surface area contributed by atoms with Crippen LogP contribution in [-0.2, 0) is 9.59 Å². The lowest BCUT2D eigenvalue weighted by molar-refractivity contribution is -0.174. The molecule has 4 bridgehead atoms.